The van der Waals surface area contributed by atoms with Gasteiger partial charge in [0.1, 0.15) is 5.75 Å². The highest BCUT2D eigenvalue weighted by atomic mass is 79.9. The first-order valence-corrected chi connectivity index (χ1v) is 6.58. The van der Waals surface area contributed by atoms with Crippen molar-refractivity contribution >= 4 is 27.7 Å². The molecule has 6 heteroatoms. The molecule has 0 spiro atoms. The van der Waals surface area contributed by atoms with Gasteiger partial charge in [-0.2, -0.15) is 8.75 Å². The molecule has 2 aromatic rings. The third kappa shape index (κ3) is 3.02. The van der Waals surface area contributed by atoms with Crippen molar-refractivity contribution in [1.29, 1.82) is 0 Å². The molecule has 1 aromatic carbocycles. The molecular formula is C11H12BrN3OS. The second kappa shape index (κ2) is 5.57. The number of halogens is 1. The van der Waals surface area contributed by atoms with Gasteiger partial charge in [0, 0.05) is 0 Å². The summed E-state index contributed by atoms with van der Waals surface area (Å²) in [6, 6.07) is 5.82. The van der Waals surface area contributed by atoms with Crippen molar-refractivity contribution in [2.75, 3.05) is 7.11 Å². The van der Waals surface area contributed by atoms with Gasteiger partial charge in [-0.1, -0.05) is 6.07 Å². The predicted molar refractivity (Wildman–Crippen MR) is 71.2 cm³/mol. The van der Waals surface area contributed by atoms with E-state index in [0.29, 0.717) is 0 Å². The van der Waals surface area contributed by atoms with Crippen LogP contribution in [0.3, 0.4) is 0 Å². The zero-order valence-electron chi connectivity index (χ0n) is 9.26. The van der Waals surface area contributed by atoms with Gasteiger partial charge in [0.15, 0.2) is 0 Å². The number of hydrogen-bond acceptors (Lipinski definition) is 5. The highest BCUT2D eigenvalue weighted by Gasteiger charge is 2.11. The predicted octanol–water partition coefficient (Wildman–Crippen LogP) is 2.55. The third-order valence-electron chi connectivity index (χ3n) is 2.43. The Morgan fingerprint density at radius 1 is 1.53 bits per heavy atom. The fraction of sp³-hybridized carbons (Fsp3) is 0.273. The van der Waals surface area contributed by atoms with E-state index in [4.69, 9.17) is 10.5 Å². The van der Waals surface area contributed by atoms with Crippen LogP contribution in [0.25, 0.3) is 0 Å². The van der Waals surface area contributed by atoms with E-state index in [1.165, 1.54) is 11.7 Å². The van der Waals surface area contributed by atoms with E-state index in [1.807, 2.05) is 18.2 Å². The Morgan fingerprint density at radius 2 is 2.35 bits per heavy atom. The summed E-state index contributed by atoms with van der Waals surface area (Å²) >= 11 is 4.63. The Balaban J connectivity index is 2.11. The molecule has 2 rings (SSSR count). The highest BCUT2D eigenvalue weighted by molar-refractivity contribution is 9.10. The molecule has 1 atom stereocenters. The molecule has 17 heavy (non-hydrogen) atoms. The Kier molecular flexibility index (Phi) is 4.09. The van der Waals surface area contributed by atoms with Crippen LogP contribution >= 0.6 is 27.7 Å². The first-order valence-electron chi connectivity index (χ1n) is 5.06. The van der Waals surface area contributed by atoms with E-state index in [9.17, 15) is 0 Å². The molecular weight excluding hydrogens is 302 g/mol. The van der Waals surface area contributed by atoms with E-state index in [1.54, 1.807) is 13.3 Å². The van der Waals surface area contributed by atoms with Crippen LogP contribution in [0.15, 0.2) is 28.9 Å². The van der Waals surface area contributed by atoms with Crippen molar-refractivity contribution < 1.29 is 4.74 Å². The molecule has 0 aliphatic carbocycles. The van der Waals surface area contributed by atoms with E-state index in [0.717, 1.165) is 27.9 Å². The number of nitrogens with two attached hydrogens (primary N) is 1. The van der Waals surface area contributed by atoms with Crippen LogP contribution in [0.2, 0.25) is 0 Å². The van der Waals surface area contributed by atoms with Crippen LogP contribution in [0, 0.1) is 0 Å². The SMILES string of the molecule is COc1ccc(CC(N)c2cnsn2)cc1Br. The van der Waals surface area contributed by atoms with Gasteiger partial charge >= 0.3 is 0 Å². The molecule has 4 nitrogen and oxygen atoms in total. The van der Waals surface area contributed by atoms with Gasteiger partial charge in [0.25, 0.3) is 0 Å². The van der Waals surface area contributed by atoms with Crippen LogP contribution in [-0.2, 0) is 6.42 Å². The van der Waals surface area contributed by atoms with Crippen LogP contribution in [0.5, 0.6) is 5.75 Å². The largest absolute Gasteiger partial charge is 0.496 e. The van der Waals surface area contributed by atoms with Crippen LogP contribution in [0.4, 0.5) is 0 Å². The van der Waals surface area contributed by atoms with E-state index >= 15 is 0 Å². The average Bonchev–Trinajstić information content (AvgIpc) is 2.82. The van der Waals surface area contributed by atoms with Crippen LogP contribution in [0.1, 0.15) is 17.3 Å². The molecule has 0 fully saturated rings. The number of ether oxygens (including phenoxy) is 1. The van der Waals surface area contributed by atoms with Crippen LogP contribution < -0.4 is 10.5 Å². The summed E-state index contributed by atoms with van der Waals surface area (Å²) in [7, 11) is 1.65. The molecule has 0 radical (unpaired) electrons. The van der Waals surface area contributed by atoms with Gasteiger partial charge in [0.2, 0.25) is 0 Å². The molecule has 1 unspecified atom stereocenters. The zero-order chi connectivity index (χ0) is 12.3. The molecule has 0 saturated heterocycles. The van der Waals surface area contributed by atoms with Gasteiger partial charge in [0.05, 0.1) is 41.2 Å². The normalized spacial score (nSPS) is 12.4. The first kappa shape index (κ1) is 12.5. The summed E-state index contributed by atoms with van der Waals surface area (Å²) in [6.07, 6.45) is 2.45. The van der Waals surface area contributed by atoms with Gasteiger partial charge in [-0.25, -0.2) is 0 Å². The number of methoxy groups -OCH3 is 1. The lowest BCUT2D eigenvalue weighted by Gasteiger charge is -2.10. The lowest BCUT2D eigenvalue weighted by molar-refractivity contribution is 0.412. The molecule has 1 heterocycles. The summed E-state index contributed by atoms with van der Waals surface area (Å²) in [4.78, 5) is 0. The van der Waals surface area contributed by atoms with Crippen molar-refractivity contribution in [2.45, 2.75) is 12.5 Å². The average molecular weight is 314 g/mol. The monoisotopic (exact) mass is 313 g/mol. The Labute approximate surface area is 112 Å². The zero-order valence-corrected chi connectivity index (χ0v) is 11.7. The fourth-order valence-electron chi connectivity index (χ4n) is 1.53. The van der Waals surface area contributed by atoms with E-state index in [-0.39, 0.29) is 6.04 Å². The molecule has 0 aliphatic rings. The second-order valence-corrected chi connectivity index (χ2v) is 5.02. The van der Waals surface area contributed by atoms with E-state index < -0.39 is 0 Å². The molecule has 2 N–H and O–H groups in total. The number of nitrogens with zero attached hydrogens (tertiary/aromatic N) is 2. The third-order valence-corrected chi connectivity index (χ3v) is 3.54. The summed E-state index contributed by atoms with van der Waals surface area (Å²) in [5.74, 6) is 0.817. The Bertz CT molecular complexity index is 489. The molecule has 0 saturated carbocycles. The molecule has 0 bridgehead atoms. The highest BCUT2D eigenvalue weighted by Crippen LogP contribution is 2.27. The fourth-order valence-corrected chi connectivity index (χ4v) is 2.60. The number of benzene rings is 1. The van der Waals surface area contributed by atoms with Gasteiger partial charge in [-0.05, 0) is 40.0 Å². The number of rotatable bonds is 4. The van der Waals surface area contributed by atoms with Gasteiger partial charge in [-0.15, -0.1) is 0 Å². The lowest BCUT2D eigenvalue weighted by atomic mass is 10.0. The van der Waals surface area contributed by atoms with E-state index in [2.05, 4.69) is 24.7 Å². The lowest BCUT2D eigenvalue weighted by Crippen LogP contribution is -2.13. The maximum absolute atomic E-state index is 6.05. The topological polar surface area (TPSA) is 61.0 Å². The smallest absolute Gasteiger partial charge is 0.133 e. The standard InChI is InChI=1S/C11H12BrN3OS/c1-16-11-3-2-7(4-8(11)12)5-9(13)10-6-14-17-15-10/h2-4,6,9H,5,13H2,1H3. The summed E-state index contributed by atoms with van der Waals surface area (Å²) in [5.41, 5.74) is 8.02. The summed E-state index contributed by atoms with van der Waals surface area (Å²) in [6.45, 7) is 0. The van der Waals surface area contributed by atoms with Gasteiger partial charge in [-0.3, -0.25) is 0 Å². The minimum Gasteiger partial charge on any atom is -0.496 e. The summed E-state index contributed by atoms with van der Waals surface area (Å²) in [5, 5.41) is 0. The van der Waals surface area contributed by atoms with Crippen molar-refractivity contribution in [3.63, 3.8) is 0 Å². The number of hydrogen-bond donors (Lipinski definition) is 1. The second-order valence-electron chi connectivity index (χ2n) is 3.61. The van der Waals surface area contributed by atoms with Crippen molar-refractivity contribution in [3.05, 3.63) is 40.1 Å². The maximum Gasteiger partial charge on any atom is 0.133 e. The van der Waals surface area contributed by atoms with Gasteiger partial charge < -0.3 is 10.5 Å². The molecule has 1 aromatic heterocycles. The molecule has 90 valence electrons. The van der Waals surface area contributed by atoms with Crippen LogP contribution in [-0.4, -0.2) is 15.9 Å². The Morgan fingerprint density at radius 3 is 2.94 bits per heavy atom. The minimum absolute atomic E-state index is 0.117. The van der Waals surface area contributed by atoms with Crippen molar-refractivity contribution in [1.82, 2.24) is 8.75 Å². The number of aromatic nitrogens is 2. The Hall–Kier alpha value is -0.980. The molecule has 0 aliphatic heterocycles. The maximum atomic E-state index is 6.05. The van der Waals surface area contributed by atoms with Crippen molar-refractivity contribution in [3.8, 4) is 5.75 Å². The first-order chi connectivity index (χ1) is 8.20. The summed E-state index contributed by atoms with van der Waals surface area (Å²) < 4.78 is 14.2. The van der Waals surface area contributed by atoms with Crippen molar-refractivity contribution in [2.24, 2.45) is 5.73 Å². The minimum atomic E-state index is -0.117. The quantitative estimate of drug-likeness (QED) is 0.942. The molecule has 0 amide bonds.